The van der Waals surface area contributed by atoms with Crippen LogP contribution in [0.25, 0.3) is 0 Å². The molecule has 3 aliphatic rings. The van der Waals surface area contributed by atoms with Gasteiger partial charge in [-0.15, -0.1) is 0 Å². The SMILES string of the molecule is COCCN1CCC(C(=O)N2CCCC3(CC2)CC(=O)c2ccccc2O3)CC1. The number of para-hydroxylation sites is 1. The number of likely N-dealkylation sites (tertiary alicyclic amines) is 2. The first-order valence-corrected chi connectivity index (χ1v) is 10.9. The third-order valence-corrected chi connectivity index (χ3v) is 6.75. The molecule has 3 aliphatic heterocycles. The number of Topliss-reactive ketones (excluding diaryl/α,β-unsaturated/α-hetero) is 1. The molecular formula is C23H32N2O4. The maximum absolute atomic E-state index is 13.1. The number of methoxy groups -OCH3 is 1. The van der Waals surface area contributed by atoms with Crippen LogP contribution in [0.15, 0.2) is 24.3 Å². The molecule has 1 spiro atoms. The number of fused-ring (bicyclic) bond motifs is 1. The molecule has 0 aromatic heterocycles. The van der Waals surface area contributed by atoms with Crippen molar-refractivity contribution in [2.45, 2.75) is 44.1 Å². The van der Waals surface area contributed by atoms with Crippen LogP contribution in [0.5, 0.6) is 5.75 Å². The zero-order valence-corrected chi connectivity index (χ0v) is 17.4. The Labute approximate surface area is 173 Å². The van der Waals surface area contributed by atoms with E-state index in [-0.39, 0.29) is 17.6 Å². The molecule has 0 bridgehead atoms. The second-order valence-electron chi connectivity index (χ2n) is 8.67. The first kappa shape index (κ1) is 20.4. The molecule has 4 rings (SSSR count). The number of nitrogens with zero attached hydrogens (tertiary/aromatic N) is 2. The fourth-order valence-electron chi connectivity index (χ4n) is 4.99. The molecule has 6 heteroatoms. The normalized spacial score (nSPS) is 26.1. The van der Waals surface area contributed by atoms with E-state index in [0.29, 0.717) is 24.3 Å². The lowest BCUT2D eigenvalue weighted by Gasteiger charge is -2.37. The minimum Gasteiger partial charge on any atom is -0.486 e. The number of amides is 1. The Kier molecular flexibility index (Phi) is 6.20. The second-order valence-corrected chi connectivity index (χ2v) is 8.67. The first-order chi connectivity index (χ1) is 14.1. The smallest absolute Gasteiger partial charge is 0.225 e. The monoisotopic (exact) mass is 400 g/mol. The standard InChI is InChI=1S/C23H32N2O4/c1-28-16-15-24-12-7-18(8-13-24)22(27)25-11-4-9-23(10-14-25)17-20(26)19-5-2-3-6-21(19)29-23/h2-3,5-6,18H,4,7-17H2,1H3. The van der Waals surface area contributed by atoms with E-state index in [2.05, 4.69) is 4.90 Å². The zero-order valence-electron chi connectivity index (χ0n) is 17.4. The van der Waals surface area contributed by atoms with Crippen LogP contribution in [0.4, 0.5) is 0 Å². The van der Waals surface area contributed by atoms with Gasteiger partial charge in [-0.25, -0.2) is 0 Å². The van der Waals surface area contributed by atoms with Crippen molar-refractivity contribution < 1.29 is 19.1 Å². The number of carbonyl (C=O) groups is 2. The lowest BCUT2D eigenvalue weighted by atomic mass is 9.84. The van der Waals surface area contributed by atoms with Crippen LogP contribution in [-0.2, 0) is 9.53 Å². The highest BCUT2D eigenvalue weighted by molar-refractivity contribution is 6.00. The van der Waals surface area contributed by atoms with Crippen molar-refractivity contribution >= 4 is 11.7 Å². The zero-order chi connectivity index (χ0) is 20.3. The third-order valence-electron chi connectivity index (χ3n) is 6.75. The summed E-state index contributed by atoms with van der Waals surface area (Å²) in [5, 5.41) is 0. The summed E-state index contributed by atoms with van der Waals surface area (Å²) in [5.41, 5.74) is 0.236. The number of carbonyl (C=O) groups excluding carboxylic acids is 2. The van der Waals surface area contributed by atoms with Gasteiger partial charge >= 0.3 is 0 Å². The number of hydrogen-bond donors (Lipinski definition) is 0. The second kappa shape index (κ2) is 8.84. The summed E-state index contributed by atoms with van der Waals surface area (Å²) < 4.78 is 11.5. The summed E-state index contributed by atoms with van der Waals surface area (Å²) in [6, 6.07) is 7.53. The molecule has 0 N–H and O–H groups in total. The lowest BCUT2D eigenvalue weighted by molar-refractivity contribution is -0.137. The van der Waals surface area contributed by atoms with E-state index in [9.17, 15) is 9.59 Å². The van der Waals surface area contributed by atoms with Crippen molar-refractivity contribution in [3.8, 4) is 5.75 Å². The molecule has 158 valence electrons. The molecule has 1 unspecified atom stereocenters. The molecule has 2 saturated heterocycles. The van der Waals surface area contributed by atoms with Gasteiger partial charge in [0.2, 0.25) is 5.91 Å². The predicted molar refractivity (Wildman–Crippen MR) is 110 cm³/mol. The van der Waals surface area contributed by atoms with Crippen molar-refractivity contribution in [1.29, 1.82) is 0 Å². The first-order valence-electron chi connectivity index (χ1n) is 10.9. The van der Waals surface area contributed by atoms with Crippen molar-refractivity contribution in [3.05, 3.63) is 29.8 Å². The van der Waals surface area contributed by atoms with Gasteiger partial charge in [-0.3, -0.25) is 9.59 Å². The van der Waals surface area contributed by atoms with Crippen LogP contribution in [0.1, 0.15) is 48.9 Å². The number of piperidine rings is 1. The Balaban J connectivity index is 1.35. The third kappa shape index (κ3) is 4.48. The molecule has 1 aromatic rings. The molecule has 0 radical (unpaired) electrons. The van der Waals surface area contributed by atoms with E-state index in [0.717, 1.165) is 64.9 Å². The highest BCUT2D eigenvalue weighted by Crippen LogP contribution is 2.39. The van der Waals surface area contributed by atoms with Gasteiger partial charge in [-0.05, 0) is 50.9 Å². The Bertz CT molecular complexity index is 744. The average molecular weight is 401 g/mol. The number of benzene rings is 1. The molecule has 6 nitrogen and oxygen atoms in total. The van der Waals surface area contributed by atoms with Crippen LogP contribution in [0.2, 0.25) is 0 Å². The average Bonchev–Trinajstić information content (AvgIpc) is 2.94. The molecule has 29 heavy (non-hydrogen) atoms. The summed E-state index contributed by atoms with van der Waals surface area (Å²) in [5.74, 6) is 1.27. The summed E-state index contributed by atoms with van der Waals surface area (Å²) >= 11 is 0. The minimum atomic E-state index is -0.454. The number of ketones is 1. The van der Waals surface area contributed by atoms with Gasteiger partial charge in [0.15, 0.2) is 5.78 Å². The van der Waals surface area contributed by atoms with Crippen LogP contribution in [-0.4, -0.2) is 73.5 Å². The summed E-state index contributed by atoms with van der Waals surface area (Å²) in [6.45, 7) is 5.06. The van der Waals surface area contributed by atoms with Crippen molar-refractivity contribution in [1.82, 2.24) is 9.80 Å². The van der Waals surface area contributed by atoms with Gasteiger partial charge < -0.3 is 19.3 Å². The Morgan fingerprint density at radius 3 is 2.76 bits per heavy atom. The lowest BCUT2D eigenvalue weighted by Crippen LogP contribution is -2.45. The fourth-order valence-corrected chi connectivity index (χ4v) is 4.99. The molecule has 1 atom stereocenters. The van der Waals surface area contributed by atoms with E-state index in [1.165, 1.54) is 0 Å². The van der Waals surface area contributed by atoms with E-state index in [4.69, 9.17) is 9.47 Å². The fraction of sp³-hybridized carbons (Fsp3) is 0.652. The van der Waals surface area contributed by atoms with E-state index in [1.807, 2.05) is 29.2 Å². The topological polar surface area (TPSA) is 59.1 Å². The molecule has 0 saturated carbocycles. The summed E-state index contributed by atoms with van der Waals surface area (Å²) in [7, 11) is 1.73. The Morgan fingerprint density at radius 2 is 1.97 bits per heavy atom. The van der Waals surface area contributed by atoms with Gasteiger partial charge in [0.25, 0.3) is 0 Å². The number of hydrogen-bond acceptors (Lipinski definition) is 5. The van der Waals surface area contributed by atoms with E-state index >= 15 is 0 Å². The molecule has 3 heterocycles. The molecule has 1 amide bonds. The van der Waals surface area contributed by atoms with Crippen LogP contribution >= 0.6 is 0 Å². The molecule has 1 aromatic carbocycles. The largest absolute Gasteiger partial charge is 0.486 e. The van der Waals surface area contributed by atoms with Crippen molar-refractivity contribution in [2.24, 2.45) is 5.92 Å². The quantitative estimate of drug-likeness (QED) is 0.778. The van der Waals surface area contributed by atoms with Gasteiger partial charge in [-0.2, -0.15) is 0 Å². The highest BCUT2D eigenvalue weighted by atomic mass is 16.5. The van der Waals surface area contributed by atoms with Crippen LogP contribution < -0.4 is 4.74 Å². The summed E-state index contributed by atoms with van der Waals surface area (Å²) in [6.07, 6.45) is 4.70. The van der Waals surface area contributed by atoms with Gasteiger partial charge in [0.05, 0.1) is 18.6 Å². The molecular weight excluding hydrogens is 368 g/mol. The van der Waals surface area contributed by atoms with Gasteiger partial charge in [0.1, 0.15) is 11.4 Å². The molecule has 0 aliphatic carbocycles. The maximum atomic E-state index is 13.1. The van der Waals surface area contributed by atoms with E-state index < -0.39 is 5.60 Å². The Morgan fingerprint density at radius 1 is 1.17 bits per heavy atom. The van der Waals surface area contributed by atoms with Crippen LogP contribution in [0.3, 0.4) is 0 Å². The Hall–Kier alpha value is -1.92. The highest BCUT2D eigenvalue weighted by Gasteiger charge is 2.42. The van der Waals surface area contributed by atoms with Gasteiger partial charge in [0, 0.05) is 39.1 Å². The maximum Gasteiger partial charge on any atom is 0.225 e. The predicted octanol–water partition coefficient (Wildman–Crippen LogP) is 2.76. The van der Waals surface area contributed by atoms with E-state index in [1.54, 1.807) is 7.11 Å². The van der Waals surface area contributed by atoms with Gasteiger partial charge in [-0.1, -0.05) is 12.1 Å². The summed E-state index contributed by atoms with van der Waals surface area (Å²) in [4.78, 5) is 30.2. The van der Waals surface area contributed by atoms with Crippen LogP contribution in [0, 0.1) is 5.92 Å². The number of ether oxygens (including phenoxy) is 2. The minimum absolute atomic E-state index is 0.123. The number of rotatable bonds is 4. The van der Waals surface area contributed by atoms with Crippen molar-refractivity contribution in [3.63, 3.8) is 0 Å². The molecule has 2 fully saturated rings. The van der Waals surface area contributed by atoms with Crippen molar-refractivity contribution in [2.75, 3.05) is 46.4 Å².